The Hall–Kier alpha value is -1.58. The summed E-state index contributed by atoms with van der Waals surface area (Å²) in [5.41, 5.74) is 1.61. The lowest BCUT2D eigenvalue weighted by Gasteiger charge is -2.20. The number of para-hydroxylation sites is 1. The smallest absolute Gasteiger partial charge is 0.126 e. The summed E-state index contributed by atoms with van der Waals surface area (Å²) in [5, 5.41) is 3.76. The lowest BCUT2D eigenvalue weighted by atomic mass is 9.98. The molecular formula is C17H19ClFNO. The molecule has 1 atom stereocenters. The van der Waals surface area contributed by atoms with Crippen LogP contribution in [0.3, 0.4) is 0 Å². The van der Waals surface area contributed by atoms with Crippen LogP contribution in [0, 0.1) is 5.82 Å². The Morgan fingerprint density at radius 2 is 2.00 bits per heavy atom. The number of likely N-dealkylation sites (N-methyl/N-ethyl adjacent to an activating group) is 1. The molecule has 0 aliphatic heterocycles. The Balaban J connectivity index is 2.30. The first-order valence-corrected chi connectivity index (χ1v) is 7.36. The number of ether oxygens (including phenoxy) is 1. The predicted molar refractivity (Wildman–Crippen MR) is 84.5 cm³/mol. The highest BCUT2D eigenvalue weighted by Gasteiger charge is 2.17. The molecule has 1 N–H and O–H groups in total. The molecule has 2 rings (SSSR count). The van der Waals surface area contributed by atoms with Crippen LogP contribution < -0.4 is 10.1 Å². The second kappa shape index (κ2) is 7.43. The normalized spacial score (nSPS) is 12.2. The van der Waals surface area contributed by atoms with E-state index in [1.807, 2.05) is 38.2 Å². The summed E-state index contributed by atoms with van der Waals surface area (Å²) < 4.78 is 19.6. The van der Waals surface area contributed by atoms with Crippen LogP contribution in [0.25, 0.3) is 0 Å². The van der Waals surface area contributed by atoms with Crippen molar-refractivity contribution < 1.29 is 9.13 Å². The van der Waals surface area contributed by atoms with Crippen molar-refractivity contribution in [3.63, 3.8) is 0 Å². The van der Waals surface area contributed by atoms with Gasteiger partial charge in [-0.15, -0.1) is 0 Å². The molecule has 0 radical (unpaired) electrons. The van der Waals surface area contributed by atoms with Gasteiger partial charge in [0.25, 0.3) is 0 Å². The predicted octanol–water partition coefficient (Wildman–Crippen LogP) is 4.38. The van der Waals surface area contributed by atoms with Gasteiger partial charge in [0.2, 0.25) is 0 Å². The van der Waals surface area contributed by atoms with Crippen molar-refractivity contribution in [2.24, 2.45) is 0 Å². The van der Waals surface area contributed by atoms with Crippen LogP contribution in [0.2, 0.25) is 5.02 Å². The molecular weight excluding hydrogens is 289 g/mol. The van der Waals surface area contributed by atoms with Crippen LogP contribution >= 0.6 is 11.6 Å². The van der Waals surface area contributed by atoms with Crippen molar-refractivity contribution in [1.29, 1.82) is 0 Å². The third-order valence-corrected chi connectivity index (χ3v) is 3.61. The Kier molecular flexibility index (Phi) is 5.59. The number of halogens is 2. The van der Waals surface area contributed by atoms with E-state index in [1.54, 1.807) is 12.1 Å². The van der Waals surface area contributed by atoms with E-state index < -0.39 is 0 Å². The zero-order chi connectivity index (χ0) is 15.2. The largest absolute Gasteiger partial charge is 0.494 e. The number of benzene rings is 2. The molecule has 0 amide bonds. The molecule has 4 heteroatoms. The Labute approximate surface area is 129 Å². The number of hydrogen-bond acceptors (Lipinski definition) is 2. The van der Waals surface area contributed by atoms with Gasteiger partial charge in [0.15, 0.2) is 0 Å². The Morgan fingerprint density at radius 1 is 1.24 bits per heavy atom. The zero-order valence-corrected chi connectivity index (χ0v) is 13.0. The molecule has 0 heterocycles. The van der Waals surface area contributed by atoms with Crippen molar-refractivity contribution in [1.82, 2.24) is 5.32 Å². The van der Waals surface area contributed by atoms with E-state index in [4.69, 9.17) is 16.3 Å². The molecule has 0 aliphatic carbocycles. The highest BCUT2D eigenvalue weighted by molar-refractivity contribution is 6.30. The maximum Gasteiger partial charge on any atom is 0.126 e. The van der Waals surface area contributed by atoms with Gasteiger partial charge in [0.1, 0.15) is 11.6 Å². The van der Waals surface area contributed by atoms with Gasteiger partial charge in [0.05, 0.1) is 6.61 Å². The number of nitrogens with one attached hydrogen (secondary N) is 1. The van der Waals surface area contributed by atoms with E-state index in [1.165, 1.54) is 6.07 Å². The van der Waals surface area contributed by atoms with Crippen molar-refractivity contribution in [2.45, 2.75) is 19.4 Å². The van der Waals surface area contributed by atoms with Gasteiger partial charge < -0.3 is 10.1 Å². The third-order valence-electron chi connectivity index (χ3n) is 3.37. The van der Waals surface area contributed by atoms with E-state index in [9.17, 15) is 4.39 Å². The van der Waals surface area contributed by atoms with Gasteiger partial charge in [0, 0.05) is 16.6 Å². The highest BCUT2D eigenvalue weighted by Crippen LogP contribution is 2.29. The van der Waals surface area contributed by atoms with Gasteiger partial charge in [-0.2, -0.15) is 0 Å². The van der Waals surface area contributed by atoms with Crippen LogP contribution in [0.1, 0.15) is 24.1 Å². The van der Waals surface area contributed by atoms with Crippen molar-refractivity contribution >= 4 is 11.6 Å². The molecule has 0 fully saturated rings. The highest BCUT2D eigenvalue weighted by atomic mass is 35.5. The molecule has 0 spiro atoms. The van der Waals surface area contributed by atoms with E-state index in [2.05, 4.69) is 5.32 Å². The molecule has 0 bridgehead atoms. The fraction of sp³-hybridized carbons (Fsp3) is 0.294. The van der Waals surface area contributed by atoms with Gasteiger partial charge in [-0.3, -0.25) is 0 Å². The summed E-state index contributed by atoms with van der Waals surface area (Å²) >= 11 is 5.96. The fourth-order valence-electron chi connectivity index (χ4n) is 2.34. The van der Waals surface area contributed by atoms with Crippen LogP contribution in [0.5, 0.6) is 5.75 Å². The summed E-state index contributed by atoms with van der Waals surface area (Å²) in [6.07, 6.45) is 0.507. The minimum Gasteiger partial charge on any atom is -0.494 e. The van der Waals surface area contributed by atoms with E-state index >= 15 is 0 Å². The molecule has 0 saturated heterocycles. The maximum atomic E-state index is 13.9. The average molecular weight is 308 g/mol. The monoisotopic (exact) mass is 307 g/mol. The summed E-state index contributed by atoms with van der Waals surface area (Å²) in [6, 6.07) is 12.4. The summed E-state index contributed by atoms with van der Waals surface area (Å²) in [5.74, 6) is 0.579. The Morgan fingerprint density at radius 3 is 2.71 bits per heavy atom. The first kappa shape index (κ1) is 15.8. The quantitative estimate of drug-likeness (QED) is 0.855. The topological polar surface area (TPSA) is 21.3 Å². The van der Waals surface area contributed by atoms with Gasteiger partial charge in [-0.25, -0.2) is 4.39 Å². The van der Waals surface area contributed by atoms with Gasteiger partial charge >= 0.3 is 0 Å². The lowest BCUT2D eigenvalue weighted by Crippen LogP contribution is -2.20. The average Bonchev–Trinajstić information content (AvgIpc) is 2.49. The third kappa shape index (κ3) is 3.96. The van der Waals surface area contributed by atoms with Crippen LogP contribution in [-0.2, 0) is 6.42 Å². The molecule has 112 valence electrons. The van der Waals surface area contributed by atoms with Gasteiger partial charge in [-0.05, 0) is 50.2 Å². The van der Waals surface area contributed by atoms with Crippen LogP contribution in [0.15, 0.2) is 42.5 Å². The van der Waals surface area contributed by atoms with E-state index in [0.717, 1.165) is 11.3 Å². The fourth-order valence-corrected chi connectivity index (χ4v) is 2.54. The second-order valence-corrected chi connectivity index (χ2v) is 5.19. The van der Waals surface area contributed by atoms with Gasteiger partial charge in [-0.1, -0.05) is 29.8 Å². The Bertz CT molecular complexity index is 603. The number of hydrogen-bond donors (Lipinski definition) is 1. The summed E-state index contributed by atoms with van der Waals surface area (Å²) in [6.45, 7) is 2.54. The van der Waals surface area contributed by atoms with Crippen LogP contribution in [0.4, 0.5) is 4.39 Å². The lowest BCUT2D eigenvalue weighted by molar-refractivity contribution is 0.332. The standard InChI is InChI=1S/C17H19ClFNO/c1-3-21-17-7-5-4-6-14(17)16(20-2)11-12-10-13(18)8-9-15(12)19/h4-10,16,20H,3,11H2,1-2H3. The minimum atomic E-state index is -0.242. The van der Waals surface area contributed by atoms with Crippen LogP contribution in [-0.4, -0.2) is 13.7 Å². The first-order chi connectivity index (χ1) is 10.2. The molecule has 2 aromatic carbocycles. The SMILES string of the molecule is CCOc1ccccc1C(Cc1cc(Cl)ccc1F)NC. The summed E-state index contributed by atoms with van der Waals surface area (Å²) in [4.78, 5) is 0. The second-order valence-electron chi connectivity index (χ2n) is 4.75. The molecule has 0 aromatic heterocycles. The molecule has 1 unspecified atom stereocenters. The molecule has 2 nitrogen and oxygen atoms in total. The molecule has 0 saturated carbocycles. The maximum absolute atomic E-state index is 13.9. The zero-order valence-electron chi connectivity index (χ0n) is 12.2. The van der Waals surface area contributed by atoms with Crippen molar-refractivity contribution in [3.8, 4) is 5.75 Å². The van der Waals surface area contributed by atoms with Crippen molar-refractivity contribution in [2.75, 3.05) is 13.7 Å². The molecule has 0 aliphatic rings. The first-order valence-electron chi connectivity index (χ1n) is 6.98. The summed E-state index contributed by atoms with van der Waals surface area (Å²) in [7, 11) is 1.86. The van der Waals surface area contributed by atoms with E-state index in [-0.39, 0.29) is 11.9 Å². The van der Waals surface area contributed by atoms with Crippen molar-refractivity contribution in [3.05, 3.63) is 64.4 Å². The number of rotatable bonds is 6. The molecule has 21 heavy (non-hydrogen) atoms. The molecule has 2 aromatic rings. The minimum absolute atomic E-state index is 0.0410. The van der Waals surface area contributed by atoms with E-state index in [0.29, 0.717) is 23.6 Å².